The minimum atomic E-state index is 0.275. The lowest BCUT2D eigenvalue weighted by Gasteiger charge is -2.33. The molecule has 1 saturated carbocycles. The Kier molecular flexibility index (Phi) is 5.28. The summed E-state index contributed by atoms with van der Waals surface area (Å²) in [5, 5.41) is 9.18. The summed E-state index contributed by atoms with van der Waals surface area (Å²) in [6.07, 6.45) is 3.56. The van der Waals surface area contributed by atoms with E-state index in [9.17, 15) is 5.26 Å². The molecule has 0 N–H and O–H groups in total. The van der Waals surface area contributed by atoms with Crippen molar-refractivity contribution in [1.82, 2.24) is 4.90 Å². The molecule has 0 saturated heterocycles. The average Bonchev–Trinajstić information content (AvgIpc) is 2.62. The normalized spacial score (nSPS) is 25.6. The molecular formula is C14H26N2. The molecule has 2 atom stereocenters. The van der Waals surface area contributed by atoms with Gasteiger partial charge >= 0.3 is 0 Å². The number of nitrogens with zero attached hydrogens (tertiary/aromatic N) is 2. The quantitative estimate of drug-likeness (QED) is 0.713. The van der Waals surface area contributed by atoms with Crippen LogP contribution in [0.3, 0.4) is 0 Å². The molecule has 0 bridgehead atoms. The van der Waals surface area contributed by atoms with Gasteiger partial charge in [-0.25, -0.2) is 0 Å². The summed E-state index contributed by atoms with van der Waals surface area (Å²) in [6.45, 7) is 11.3. The highest BCUT2D eigenvalue weighted by atomic mass is 15.2. The molecule has 1 aliphatic rings. The van der Waals surface area contributed by atoms with Gasteiger partial charge in [-0.15, -0.1) is 0 Å². The first-order chi connectivity index (χ1) is 7.54. The molecule has 1 fully saturated rings. The van der Waals surface area contributed by atoms with Crippen LogP contribution in [0.15, 0.2) is 0 Å². The van der Waals surface area contributed by atoms with Crippen molar-refractivity contribution in [3.05, 3.63) is 0 Å². The summed E-state index contributed by atoms with van der Waals surface area (Å²) in [4.78, 5) is 2.57. The Balaban J connectivity index is 2.63. The van der Waals surface area contributed by atoms with Gasteiger partial charge in [-0.05, 0) is 24.7 Å². The maximum atomic E-state index is 9.18. The highest BCUT2D eigenvalue weighted by Gasteiger charge is 2.32. The molecule has 0 aliphatic heterocycles. The van der Waals surface area contributed by atoms with Gasteiger partial charge in [0.1, 0.15) is 0 Å². The number of nitriles is 1. The molecule has 2 nitrogen and oxygen atoms in total. The van der Waals surface area contributed by atoms with Gasteiger partial charge in [0.05, 0.1) is 12.0 Å². The predicted octanol–water partition coefficient (Wildman–Crippen LogP) is 3.29. The first-order valence-electron chi connectivity index (χ1n) is 6.68. The highest BCUT2D eigenvalue weighted by molar-refractivity contribution is 4.97. The first-order valence-corrected chi connectivity index (χ1v) is 6.68. The van der Waals surface area contributed by atoms with Crippen LogP contribution in [0.25, 0.3) is 0 Å². The van der Waals surface area contributed by atoms with Crippen molar-refractivity contribution in [3.63, 3.8) is 0 Å². The van der Waals surface area contributed by atoms with Crippen molar-refractivity contribution in [2.45, 2.75) is 53.0 Å². The largest absolute Gasteiger partial charge is 0.299 e. The molecule has 0 radical (unpaired) electrons. The number of rotatable bonds is 5. The maximum absolute atomic E-state index is 9.18. The lowest BCUT2D eigenvalue weighted by atomic mass is 10.0. The van der Waals surface area contributed by atoms with E-state index in [1.54, 1.807) is 0 Å². The van der Waals surface area contributed by atoms with Gasteiger partial charge in [0, 0.05) is 19.1 Å². The minimum Gasteiger partial charge on any atom is -0.299 e. The molecule has 0 amide bonds. The second kappa shape index (κ2) is 6.25. The zero-order valence-electron chi connectivity index (χ0n) is 11.2. The summed E-state index contributed by atoms with van der Waals surface area (Å²) < 4.78 is 0. The standard InChI is InChI=1S/C14H26N2/c1-11(2)9-16(10-12(3)4)14-7-5-6-13(14)8-15/h11-14H,5-7,9-10H2,1-4H3. The molecular weight excluding hydrogens is 196 g/mol. The van der Waals surface area contributed by atoms with Crippen LogP contribution in [0, 0.1) is 29.1 Å². The first kappa shape index (κ1) is 13.5. The van der Waals surface area contributed by atoms with Crippen LogP contribution < -0.4 is 0 Å². The van der Waals surface area contributed by atoms with Gasteiger partial charge in [-0.1, -0.05) is 34.1 Å². The summed E-state index contributed by atoms with van der Waals surface area (Å²) in [5.41, 5.74) is 0. The summed E-state index contributed by atoms with van der Waals surface area (Å²) in [7, 11) is 0. The van der Waals surface area contributed by atoms with E-state index in [2.05, 4.69) is 38.7 Å². The Morgan fingerprint density at radius 3 is 2.12 bits per heavy atom. The summed E-state index contributed by atoms with van der Waals surface area (Å²) in [5.74, 6) is 1.66. The zero-order valence-corrected chi connectivity index (χ0v) is 11.2. The Hall–Kier alpha value is -0.550. The molecule has 2 unspecified atom stereocenters. The van der Waals surface area contributed by atoms with Crippen LogP contribution in [0.2, 0.25) is 0 Å². The fourth-order valence-electron chi connectivity index (χ4n) is 2.81. The fourth-order valence-corrected chi connectivity index (χ4v) is 2.81. The fraction of sp³-hybridized carbons (Fsp3) is 0.929. The second-order valence-corrected chi connectivity index (χ2v) is 5.98. The molecule has 1 aliphatic carbocycles. The molecule has 0 aromatic rings. The minimum absolute atomic E-state index is 0.275. The van der Waals surface area contributed by atoms with Crippen LogP contribution in [0.4, 0.5) is 0 Å². The van der Waals surface area contributed by atoms with Gasteiger partial charge in [0.2, 0.25) is 0 Å². The number of hydrogen-bond donors (Lipinski definition) is 0. The molecule has 0 aromatic heterocycles. The lowest BCUT2D eigenvalue weighted by Crippen LogP contribution is -2.42. The van der Waals surface area contributed by atoms with E-state index < -0.39 is 0 Å². The van der Waals surface area contributed by atoms with E-state index in [1.165, 1.54) is 12.8 Å². The third kappa shape index (κ3) is 3.79. The van der Waals surface area contributed by atoms with Crippen LogP contribution in [-0.4, -0.2) is 24.0 Å². The van der Waals surface area contributed by atoms with Crippen molar-refractivity contribution in [2.75, 3.05) is 13.1 Å². The van der Waals surface area contributed by atoms with Gasteiger partial charge in [-0.3, -0.25) is 4.90 Å². The number of hydrogen-bond acceptors (Lipinski definition) is 2. The van der Waals surface area contributed by atoms with Gasteiger partial charge in [0.15, 0.2) is 0 Å². The molecule has 92 valence electrons. The average molecular weight is 222 g/mol. The molecule has 0 heterocycles. The topological polar surface area (TPSA) is 27.0 Å². The molecule has 2 heteroatoms. The van der Waals surface area contributed by atoms with E-state index in [-0.39, 0.29) is 5.92 Å². The molecule has 0 aromatic carbocycles. The van der Waals surface area contributed by atoms with Crippen molar-refractivity contribution in [1.29, 1.82) is 5.26 Å². The molecule has 1 rings (SSSR count). The van der Waals surface area contributed by atoms with E-state index in [4.69, 9.17) is 0 Å². The predicted molar refractivity (Wildman–Crippen MR) is 68.0 cm³/mol. The SMILES string of the molecule is CC(C)CN(CC(C)C)C1CCCC1C#N. The maximum Gasteiger partial charge on any atom is 0.0672 e. The van der Waals surface area contributed by atoms with Crippen molar-refractivity contribution < 1.29 is 0 Å². The Morgan fingerprint density at radius 2 is 1.69 bits per heavy atom. The van der Waals surface area contributed by atoms with Crippen molar-refractivity contribution in [3.8, 4) is 6.07 Å². The smallest absolute Gasteiger partial charge is 0.0672 e. The van der Waals surface area contributed by atoms with Crippen molar-refractivity contribution >= 4 is 0 Å². The monoisotopic (exact) mass is 222 g/mol. The lowest BCUT2D eigenvalue weighted by molar-refractivity contribution is 0.141. The third-order valence-corrected chi connectivity index (χ3v) is 3.31. The van der Waals surface area contributed by atoms with Crippen molar-refractivity contribution in [2.24, 2.45) is 17.8 Å². The Labute approximate surface area is 101 Å². The second-order valence-electron chi connectivity index (χ2n) is 5.98. The van der Waals surface area contributed by atoms with E-state index in [0.717, 1.165) is 19.5 Å². The summed E-state index contributed by atoms with van der Waals surface area (Å²) in [6, 6.07) is 3.02. The van der Waals surface area contributed by atoms with Crippen LogP contribution in [-0.2, 0) is 0 Å². The van der Waals surface area contributed by atoms with Gasteiger partial charge in [0.25, 0.3) is 0 Å². The Bertz CT molecular complexity index is 230. The van der Waals surface area contributed by atoms with Crippen LogP contribution in [0.1, 0.15) is 47.0 Å². The molecule has 16 heavy (non-hydrogen) atoms. The van der Waals surface area contributed by atoms with Crippen LogP contribution in [0.5, 0.6) is 0 Å². The zero-order chi connectivity index (χ0) is 12.1. The van der Waals surface area contributed by atoms with E-state index >= 15 is 0 Å². The van der Waals surface area contributed by atoms with E-state index in [0.29, 0.717) is 17.9 Å². The van der Waals surface area contributed by atoms with E-state index in [1.807, 2.05) is 0 Å². The van der Waals surface area contributed by atoms with Gasteiger partial charge < -0.3 is 0 Å². The highest BCUT2D eigenvalue weighted by Crippen LogP contribution is 2.30. The van der Waals surface area contributed by atoms with Gasteiger partial charge in [-0.2, -0.15) is 5.26 Å². The summed E-state index contributed by atoms with van der Waals surface area (Å²) >= 11 is 0. The third-order valence-electron chi connectivity index (χ3n) is 3.31. The Morgan fingerprint density at radius 1 is 1.12 bits per heavy atom. The molecule has 0 spiro atoms. The van der Waals surface area contributed by atoms with Crippen LogP contribution >= 0.6 is 0 Å².